The van der Waals surface area contributed by atoms with Gasteiger partial charge in [-0.25, -0.2) is 4.98 Å². The average molecular weight is 438 g/mol. The third-order valence-electron chi connectivity index (χ3n) is 4.59. The first-order valence-electron chi connectivity index (χ1n) is 9.45. The Balaban J connectivity index is 1.45. The Morgan fingerprint density at radius 1 is 1.10 bits per heavy atom. The van der Waals surface area contributed by atoms with Gasteiger partial charge in [0.05, 0.1) is 24.9 Å². The number of carbonyl (C=O) groups is 1. The molecule has 0 radical (unpaired) electrons. The summed E-state index contributed by atoms with van der Waals surface area (Å²) >= 11 is 6.20. The van der Waals surface area contributed by atoms with Crippen molar-refractivity contribution in [3.63, 3.8) is 0 Å². The van der Waals surface area contributed by atoms with Crippen molar-refractivity contribution in [3.05, 3.63) is 83.3 Å². The molecule has 0 aliphatic heterocycles. The zero-order valence-electron chi connectivity index (χ0n) is 17.0. The first kappa shape index (κ1) is 20.6. The van der Waals surface area contributed by atoms with Crippen molar-refractivity contribution in [2.24, 2.45) is 0 Å². The number of carbonyl (C=O) groups excluding carboxylic acids is 1. The van der Waals surface area contributed by atoms with Gasteiger partial charge >= 0.3 is 0 Å². The molecule has 0 spiro atoms. The number of amides is 1. The van der Waals surface area contributed by atoms with Gasteiger partial charge in [0.2, 0.25) is 0 Å². The molecule has 2 heterocycles. The second-order valence-corrected chi connectivity index (χ2v) is 7.07. The lowest BCUT2D eigenvalue weighted by Gasteiger charge is -2.12. The molecule has 0 saturated heterocycles. The molecular formula is C23H20ClN3O4. The third-order valence-corrected chi connectivity index (χ3v) is 4.87. The second-order valence-electron chi connectivity index (χ2n) is 6.66. The molecule has 0 fully saturated rings. The van der Waals surface area contributed by atoms with E-state index in [9.17, 15) is 4.79 Å². The number of ether oxygens (including phenoxy) is 3. The standard InChI is InChI=1S/C23H20ClN3O4/c1-29-20-11-15(10-19(24)22(20)30-2)23(28)26-16-6-5-7-18(12-16)31-14-17-13-27-9-4-3-8-21(27)25-17/h3-13H,14H2,1-2H3,(H,26,28). The van der Waals surface area contributed by atoms with E-state index in [0.717, 1.165) is 11.3 Å². The van der Waals surface area contributed by atoms with E-state index in [2.05, 4.69) is 10.3 Å². The Hall–Kier alpha value is -3.71. The molecule has 0 bridgehead atoms. The molecule has 31 heavy (non-hydrogen) atoms. The Bertz CT molecular complexity index is 1210. The highest BCUT2D eigenvalue weighted by Gasteiger charge is 2.15. The molecule has 2 aromatic carbocycles. The van der Waals surface area contributed by atoms with Crippen molar-refractivity contribution < 1.29 is 19.0 Å². The number of rotatable bonds is 7. The largest absolute Gasteiger partial charge is 0.493 e. The van der Waals surface area contributed by atoms with E-state index in [-0.39, 0.29) is 10.9 Å². The number of pyridine rings is 1. The number of nitrogens with zero attached hydrogens (tertiary/aromatic N) is 2. The lowest BCUT2D eigenvalue weighted by molar-refractivity contribution is 0.102. The molecule has 2 aromatic heterocycles. The topological polar surface area (TPSA) is 74.1 Å². The highest BCUT2D eigenvalue weighted by molar-refractivity contribution is 6.32. The fourth-order valence-electron chi connectivity index (χ4n) is 3.13. The molecule has 8 heteroatoms. The number of halogens is 1. The van der Waals surface area contributed by atoms with E-state index < -0.39 is 0 Å². The maximum Gasteiger partial charge on any atom is 0.255 e. The van der Waals surface area contributed by atoms with E-state index in [1.165, 1.54) is 20.3 Å². The summed E-state index contributed by atoms with van der Waals surface area (Å²) in [5, 5.41) is 3.13. The Labute approximate surface area is 184 Å². The van der Waals surface area contributed by atoms with Crippen LogP contribution in [0.25, 0.3) is 5.65 Å². The molecule has 158 valence electrons. The number of methoxy groups -OCH3 is 2. The summed E-state index contributed by atoms with van der Waals surface area (Å²) in [5.41, 5.74) is 2.60. The molecule has 0 unspecified atom stereocenters. The highest BCUT2D eigenvalue weighted by atomic mass is 35.5. The van der Waals surface area contributed by atoms with E-state index in [1.54, 1.807) is 24.3 Å². The van der Waals surface area contributed by atoms with Crippen molar-refractivity contribution in [1.82, 2.24) is 9.38 Å². The van der Waals surface area contributed by atoms with Crippen LogP contribution in [0.5, 0.6) is 17.2 Å². The van der Waals surface area contributed by atoms with Crippen LogP contribution in [0.4, 0.5) is 5.69 Å². The van der Waals surface area contributed by atoms with Crippen LogP contribution in [0.1, 0.15) is 16.1 Å². The van der Waals surface area contributed by atoms with Gasteiger partial charge in [-0.2, -0.15) is 0 Å². The lowest BCUT2D eigenvalue weighted by Crippen LogP contribution is -2.12. The minimum Gasteiger partial charge on any atom is -0.493 e. The molecule has 0 saturated carbocycles. The number of hydrogen-bond acceptors (Lipinski definition) is 5. The van der Waals surface area contributed by atoms with Crippen LogP contribution in [0.15, 0.2) is 67.0 Å². The van der Waals surface area contributed by atoms with Gasteiger partial charge in [-0.15, -0.1) is 0 Å². The predicted octanol–water partition coefficient (Wildman–Crippen LogP) is 4.84. The number of hydrogen-bond donors (Lipinski definition) is 1. The van der Waals surface area contributed by atoms with Crippen LogP contribution in [-0.4, -0.2) is 29.5 Å². The Morgan fingerprint density at radius 3 is 2.74 bits per heavy atom. The Morgan fingerprint density at radius 2 is 1.97 bits per heavy atom. The lowest BCUT2D eigenvalue weighted by atomic mass is 10.1. The van der Waals surface area contributed by atoms with Gasteiger partial charge < -0.3 is 23.9 Å². The van der Waals surface area contributed by atoms with Gasteiger partial charge in [-0.3, -0.25) is 4.79 Å². The molecule has 1 N–H and O–H groups in total. The zero-order chi connectivity index (χ0) is 21.8. The molecule has 1 amide bonds. The fraction of sp³-hybridized carbons (Fsp3) is 0.130. The summed E-state index contributed by atoms with van der Waals surface area (Å²) in [6.45, 7) is 0.310. The van der Waals surface area contributed by atoms with E-state index in [4.69, 9.17) is 25.8 Å². The maximum atomic E-state index is 12.7. The smallest absolute Gasteiger partial charge is 0.255 e. The van der Waals surface area contributed by atoms with Crippen LogP contribution in [0.2, 0.25) is 5.02 Å². The van der Waals surface area contributed by atoms with Crippen molar-refractivity contribution >= 4 is 28.8 Å². The summed E-state index contributed by atoms with van der Waals surface area (Å²) in [7, 11) is 2.97. The predicted molar refractivity (Wildman–Crippen MR) is 118 cm³/mol. The number of imidazole rings is 1. The number of benzene rings is 2. The molecule has 0 aliphatic rings. The normalized spacial score (nSPS) is 10.7. The maximum absolute atomic E-state index is 12.7. The van der Waals surface area contributed by atoms with Crippen LogP contribution in [0.3, 0.4) is 0 Å². The molecular weight excluding hydrogens is 418 g/mol. The van der Waals surface area contributed by atoms with E-state index >= 15 is 0 Å². The summed E-state index contributed by atoms with van der Waals surface area (Å²) in [6, 6.07) is 16.1. The van der Waals surface area contributed by atoms with Crippen molar-refractivity contribution in [2.45, 2.75) is 6.61 Å². The quantitative estimate of drug-likeness (QED) is 0.448. The number of aromatic nitrogens is 2. The van der Waals surface area contributed by atoms with Crippen LogP contribution >= 0.6 is 11.6 Å². The second kappa shape index (κ2) is 8.97. The van der Waals surface area contributed by atoms with Crippen molar-refractivity contribution in [1.29, 1.82) is 0 Å². The minimum absolute atomic E-state index is 0.288. The van der Waals surface area contributed by atoms with Crippen LogP contribution in [-0.2, 0) is 6.61 Å². The zero-order valence-corrected chi connectivity index (χ0v) is 17.7. The fourth-order valence-corrected chi connectivity index (χ4v) is 3.42. The van der Waals surface area contributed by atoms with Crippen LogP contribution in [0, 0.1) is 0 Å². The number of anilines is 1. The first-order valence-corrected chi connectivity index (χ1v) is 9.83. The molecule has 0 aliphatic carbocycles. The van der Waals surface area contributed by atoms with Crippen molar-refractivity contribution in [2.75, 3.05) is 19.5 Å². The molecule has 0 atom stereocenters. The van der Waals surface area contributed by atoms with Gasteiger partial charge in [0.25, 0.3) is 5.91 Å². The van der Waals surface area contributed by atoms with E-state index in [1.807, 2.05) is 41.1 Å². The van der Waals surface area contributed by atoms with Gasteiger partial charge in [0.15, 0.2) is 11.5 Å². The summed E-state index contributed by atoms with van der Waals surface area (Å²) in [6.07, 6.45) is 3.85. The van der Waals surface area contributed by atoms with Gasteiger partial charge in [0, 0.05) is 29.7 Å². The third kappa shape index (κ3) is 4.57. The number of nitrogens with one attached hydrogen (secondary N) is 1. The molecule has 7 nitrogen and oxygen atoms in total. The monoisotopic (exact) mass is 437 g/mol. The summed E-state index contributed by atoms with van der Waals surface area (Å²) in [5.74, 6) is 1.04. The van der Waals surface area contributed by atoms with Gasteiger partial charge in [-0.05, 0) is 36.4 Å². The Kier molecular flexibility index (Phi) is 5.95. The highest BCUT2D eigenvalue weighted by Crippen LogP contribution is 2.36. The average Bonchev–Trinajstić information content (AvgIpc) is 3.20. The number of fused-ring (bicyclic) bond motifs is 1. The molecule has 4 aromatic rings. The van der Waals surface area contributed by atoms with Gasteiger partial charge in [-0.1, -0.05) is 23.7 Å². The SMILES string of the molecule is COc1cc(C(=O)Nc2cccc(OCc3cn4ccccc4n3)c2)cc(Cl)c1OC. The summed E-state index contributed by atoms with van der Waals surface area (Å²) < 4.78 is 18.2. The van der Waals surface area contributed by atoms with Crippen LogP contribution < -0.4 is 19.5 Å². The van der Waals surface area contributed by atoms with Gasteiger partial charge in [0.1, 0.15) is 18.0 Å². The minimum atomic E-state index is -0.333. The summed E-state index contributed by atoms with van der Waals surface area (Å²) in [4.78, 5) is 17.2. The van der Waals surface area contributed by atoms with E-state index in [0.29, 0.717) is 35.1 Å². The van der Waals surface area contributed by atoms with Crippen molar-refractivity contribution in [3.8, 4) is 17.2 Å². The molecule has 4 rings (SSSR count). The first-order chi connectivity index (χ1) is 15.1.